The Labute approximate surface area is 299 Å². The topological polar surface area (TPSA) is 192 Å². The third kappa shape index (κ3) is 10.1. The van der Waals surface area contributed by atoms with Crippen LogP contribution in [0.3, 0.4) is 0 Å². The second-order valence-corrected chi connectivity index (χ2v) is 13.7. The Morgan fingerprint density at radius 1 is 1.04 bits per heavy atom. The number of aromatic nitrogens is 1. The van der Waals surface area contributed by atoms with Crippen molar-refractivity contribution in [2.45, 2.75) is 60.4 Å². The predicted octanol–water partition coefficient (Wildman–Crippen LogP) is 2.23. The van der Waals surface area contributed by atoms with Crippen molar-refractivity contribution in [3.63, 3.8) is 0 Å². The third-order valence-electron chi connectivity index (χ3n) is 8.50. The van der Waals surface area contributed by atoms with Gasteiger partial charge >= 0.3 is 6.03 Å². The van der Waals surface area contributed by atoms with Crippen molar-refractivity contribution < 1.29 is 49.3 Å². The molecule has 1 saturated carbocycles. The number of benzene rings is 2. The third-order valence-corrected chi connectivity index (χ3v) is 9.83. The van der Waals surface area contributed by atoms with Crippen LogP contribution in [0.1, 0.15) is 24.0 Å². The van der Waals surface area contributed by atoms with Gasteiger partial charge in [-0.2, -0.15) is 0 Å². The van der Waals surface area contributed by atoms with E-state index in [0.29, 0.717) is 37.2 Å². The maximum atomic E-state index is 12.1. The lowest BCUT2D eigenvalue weighted by atomic mass is 9.96. The van der Waals surface area contributed by atoms with Crippen LogP contribution in [0.2, 0.25) is 5.02 Å². The zero-order valence-electron chi connectivity index (χ0n) is 27.4. The number of para-hydroxylation sites is 1. The predicted molar refractivity (Wildman–Crippen MR) is 186 cm³/mol. The van der Waals surface area contributed by atoms with Gasteiger partial charge in [-0.05, 0) is 54.3 Å². The number of amides is 2. The summed E-state index contributed by atoms with van der Waals surface area (Å²) in [5.41, 5.74) is 3.45. The van der Waals surface area contributed by atoms with Crippen LogP contribution in [0.4, 0.5) is 4.79 Å². The molecular weight excluding hydrogens is 690 g/mol. The monoisotopic (exact) mass is 733 g/mol. The molecule has 5 rings (SSSR count). The first-order chi connectivity index (χ1) is 24.2. The highest BCUT2D eigenvalue weighted by molar-refractivity contribution is 7.99. The Balaban J connectivity index is 1.07. The van der Waals surface area contributed by atoms with E-state index in [2.05, 4.69) is 21.7 Å². The van der Waals surface area contributed by atoms with Gasteiger partial charge in [0.05, 0.1) is 57.9 Å². The minimum absolute atomic E-state index is 0.0494. The summed E-state index contributed by atoms with van der Waals surface area (Å²) in [6.07, 6.45) is 0.400. The molecule has 15 heteroatoms. The van der Waals surface area contributed by atoms with E-state index < -0.39 is 49.2 Å². The number of aliphatic hydroxyl groups is 5. The van der Waals surface area contributed by atoms with Crippen LogP contribution in [-0.4, -0.2) is 119 Å². The normalized spacial score (nSPS) is 17.6. The van der Waals surface area contributed by atoms with Crippen molar-refractivity contribution in [2.75, 3.05) is 51.9 Å². The second kappa shape index (κ2) is 18.5. The van der Waals surface area contributed by atoms with Crippen molar-refractivity contribution >= 4 is 29.4 Å². The SMILES string of the molecule is O=C(NCCOCCSc1ccc(Cl)c(COC2(c3cnccc3-c3ccccc3OC3COC3)CC2)c1)NC(CO)C(O)C(O)C(O)CO. The van der Waals surface area contributed by atoms with Crippen LogP contribution in [0.5, 0.6) is 5.75 Å². The molecule has 3 aromatic rings. The number of urea groups is 1. The summed E-state index contributed by atoms with van der Waals surface area (Å²) in [5.74, 6) is 1.46. The molecule has 1 saturated heterocycles. The molecule has 50 heavy (non-hydrogen) atoms. The van der Waals surface area contributed by atoms with Crippen molar-refractivity contribution in [3.05, 3.63) is 77.1 Å². The number of rotatable bonds is 20. The summed E-state index contributed by atoms with van der Waals surface area (Å²) in [7, 11) is 0. The molecule has 2 aromatic carbocycles. The van der Waals surface area contributed by atoms with Gasteiger partial charge in [0.25, 0.3) is 0 Å². The van der Waals surface area contributed by atoms with Crippen molar-refractivity contribution in [3.8, 4) is 16.9 Å². The smallest absolute Gasteiger partial charge is 0.315 e. The van der Waals surface area contributed by atoms with Gasteiger partial charge in [-0.15, -0.1) is 11.8 Å². The summed E-state index contributed by atoms with van der Waals surface area (Å²) < 4.78 is 23.7. The van der Waals surface area contributed by atoms with Crippen LogP contribution < -0.4 is 15.4 Å². The quantitative estimate of drug-likeness (QED) is 0.0663. The molecule has 2 aliphatic rings. The minimum atomic E-state index is -1.75. The Bertz CT molecular complexity index is 1550. The van der Waals surface area contributed by atoms with Crippen LogP contribution in [0.25, 0.3) is 11.1 Å². The molecule has 4 atom stereocenters. The average Bonchev–Trinajstić information content (AvgIpc) is 3.92. The number of hydrogen-bond acceptors (Lipinski definition) is 12. The molecule has 13 nitrogen and oxygen atoms in total. The van der Waals surface area contributed by atoms with E-state index in [1.54, 1.807) is 18.0 Å². The Hall–Kier alpha value is -3.02. The number of aliphatic hydroxyl groups excluding tert-OH is 5. The standard InChI is InChI=1S/C35H44ClN3O10S/c36-28-6-5-24(50-14-13-46-12-11-38-34(45)39-29(17-40)32(43)33(44)30(42)18-41)15-22(28)19-48-35(8-9-35)27-16-37-10-7-25(27)26-3-1-2-4-31(26)49-23-20-47-21-23/h1-7,10,15-16,23,29-30,32-33,40-44H,8-9,11-14,17-21H2,(H2,38,39,45). The number of halogens is 1. The van der Waals surface area contributed by atoms with E-state index in [1.165, 1.54) is 0 Å². The van der Waals surface area contributed by atoms with Crippen LogP contribution in [0.15, 0.2) is 65.8 Å². The summed E-state index contributed by atoms with van der Waals surface area (Å²) in [6, 6.07) is 13.9. The maximum Gasteiger partial charge on any atom is 0.315 e. The number of ether oxygens (including phenoxy) is 4. The number of nitrogens with zero attached hydrogens (tertiary/aromatic N) is 1. The number of carbonyl (C=O) groups is 1. The Morgan fingerprint density at radius 3 is 2.56 bits per heavy atom. The van der Waals surface area contributed by atoms with E-state index in [0.717, 1.165) is 45.7 Å². The number of thioether (sulfide) groups is 1. The van der Waals surface area contributed by atoms with Crippen LogP contribution in [0, 0.1) is 0 Å². The van der Waals surface area contributed by atoms with Crippen molar-refractivity contribution in [1.29, 1.82) is 0 Å². The van der Waals surface area contributed by atoms with Crippen LogP contribution >= 0.6 is 23.4 Å². The summed E-state index contributed by atoms with van der Waals surface area (Å²) in [5, 5.41) is 53.2. The Morgan fingerprint density at radius 2 is 1.84 bits per heavy atom. The molecule has 0 spiro atoms. The molecule has 4 unspecified atom stereocenters. The molecule has 2 amide bonds. The first kappa shape index (κ1) is 38.2. The van der Waals surface area contributed by atoms with Gasteiger partial charge in [-0.25, -0.2) is 4.79 Å². The van der Waals surface area contributed by atoms with Gasteiger partial charge in [0.15, 0.2) is 0 Å². The zero-order valence-corrected chi connectivity index (χ0v) is 29.0. The number of nitrogens with one attached hydrogen (secondary N) is 2. The van der Waals surface area contributed by atoms with Gasteiger partial charge < -0.3 is 55.1 Å². The summed E-state index contributed by atoms with van der Waals surface area (Å²) in [4.78, 5) is 17.6. The number of hydrogen-bond donors (Lipinski definition) is 7. The van der Waals surface area contributed by atoms with E-state index in [1.807, 2.05) is 48.7 Å². The summed E-state index contributed by atoms with van der Waals surface area (Å²) in [6.45, 7) is 0.816. The minimum Gasteiger partial charge on any atom is -0.485 e. The average molecular weight is 734 g/mol. The molecule has 1 aliphatic heterocycles. The largest absolute Gasteiger partial charge is 0.485 e. The molecule has 2 fully saturated rings. The van der Waals surface area contributed by atoms with Gasteiger partial charge in [-0.3, -0.25) is 4.98 Å². The molecule has 1 aliphatic carbocycles. The van der Waals surface area contributed by atoms with E-state index >= 15 is 0 Å². The molecule has 2 heterocycles. The lowest BCUT2D eigenvalue weighted by Gasteiger charge is -2.28. The summed E-state index contributed by atoms with van der Waals surface area (Å²) >= 11 is 8.19. The highest BCUT2D eigenvalue weighted by Gasteiger charge is 2.48. The molecular formula is C35H44ClN3O10S. The van der Waals surface area contributed by atoms with Gasteiger partial charge in [-0.1, -0.05) is 29.8 Å². The zero-order chi connectivity index (χ0) is 35.5. The van der Waals surface area contributed by atoms with Gasteiger partial charge in [0, 0.05) is 45.7 Å². The van der Waals surface area contributed by atoms with Crippen LogP contribution in [-0.2, 0) is 26.4 Å². The molecule has 7 N–H and O–H groups in total. The lowest BCUT2D eigenvalue weighted by molar-refractivity contribution is -0.0902. The van der Waals surface area contributed by atoms with E-state index in [4.69, 9.17) is 35.7 Å². The molecule has 1 aromatic heterocycles. The highest BCUT2D eigenvalue weighted by Crippen LogP contribution is 2.53. The van der Waals surface area contributed by atoms with Crippen molar-refractivity contribution in [1.82, 2.24) is 15.6 Å². The maximum absolute atomic E-state index is 12.1. The number of pyridine rings is 1. The first-order valence-electron chi connectivity index (χ1n) is 16.5. The highest BCUT2D eigenvalue weighted by atomic mass is 35.5. The van der Waals surface area contributed by atoms with E-state index in [-0.39, 0.29) is 19.3 Å². The molecule has 0 bridgehead atoms. The first-order valence-corrected chi connectivity index (χ1v) is 17.8. The fraction of sp³-hybridized carbons (Fsp3) is 0.486. The lowest BCUT2D eigenvalue weighted by Crippen LogP contribution is -2.56. The van der Waals surface area contributed by atoms with Gasteiger partial charge in [0.2, 0.25) is 0 Å². The Kier molecular flexibility index (Phi) is 14.1. The second-order valence-electron chi connectivity index (χ2n) is 12.1. The molecule has 0 radical (unpaired) electrons. The van der Waals surface area contributed by atoms with Crippen molar-refractivity contribution in [2.24, 2.45) is 0 Å². The van der Waals surface area contributed by atoms with E-state index in [9.17, 15) is 25.2 Å². The fourth-order valence-electron chi connectivity index (χ4n) is 5.41. The number of carbonyl (C=O) groups excluding carboxylic acids is 1. The molecule has 272 valence electrons. The fourth-order valence-corrected chi connectivity index (χ4v) is 6.41. The van der Waals surface area contributed by atoms with Gasteiger partial charge in [0.1, 0.15) is 30.2 Å².